The molecule has 1 saturated carbocycles. The van der Waals surface area contributed by atoms with Crippen molar-refractivity contribution in [3.8, 4) is 5.75 Å². The lowest BCUT2D eigenvalue weighted by Gasteiger charge is -2.30. The Morgan fingerprint density at radius 2 is 2.04 bits per heavy atom. The fourth-order valence-electron chi connectivity index (χ4n) is 3.11. The summed E-state index contributed by atoms with van der Waals surface area (Å²) < 4.78 is 23.7. The molecule has 5 nitrogen and oxygen atoms in total. The SMILES string of the molecule is COc1ccc(CC(=O)O[C@H](C)C(=O)N[C@@H]2CCCC[C@H]2C)cc1F. The van der Waals surface area contributed by atoms with E-state index in [0.717, 1.165) is 19.3 Å². The summed E-state index contributed by atoms with van der Waals surface area (Å²) in [5.41, 5.74) is 0.469. The number of nitrogens with one attached hydrogen (secondary N) is 1. The van der Waals surface area contributed by atoms with Gasteiger partial charge in [-0.3, -0.25) is 9.59 Å². The number of carbonyl (C=O) groups is 2. The zero-order valence-electron chi connectivity index (χ0n) is 15.0. The molecule has 0 radical (unpaired) electrons. The summed E-state index contributed by atoms with van der Waals surface area (Å²) in [6.45, 7) is 3.67. The molecule has 25 heavy (non-hydrogen) atoms. The monoisotopic (exact) mass is 351 g/mol. The summed E-state index contributed by atoms with van der Waals surface area (Å²) in [6.07, 6.45) is 3.38. The summed E-state index contributed by atoms with van der Waals surface area (Å²) in [7, 11) is 1.37. The first kappa shape index (κ1) is 19.2. The summed E-state index contributed by atoms with van der Waals surface area (Å²) in [5, 5.41) is 2.97. The average Bonchev–Trinajstić information content (AvgIpc) is 2.57. The number of esters is 1. The molecule has 0 unspecified atom stereocenters. The lowest BCUT2D eigenvalue weighted by molar-refractivity contribution is -0.154. The van der Waals surface area contributed by atoms with E-state index in [-0.39, 0.29) is 24.1 Å². The maximum atomic E-state index is 13.6. The van der Waals surface area contributed by atoms with Crippen molar-refractivity contribution < 1.29 is 23.5 Å². The first-order chi connectivity index (χ1) is 11.9. The molecule has 1 aliphatic rings. The minimum absolute atomic E-state index is 0.0988. The molecule has 0 spiro atoms. The Morgan fingerprint density at radius 1 is 1.32 bits per heavy atom. The average molecular weight is 351 g/mol. The van der Waals surface area contributed by atoms with E-state index >= 15 is 0 Å². The molecule has 1 aliphatic carbocycles. The Morgan fingerprint density at radius 3 is 2.68 bits per heavy atom. The second-order valence-corrected chi connectivity index (χ2v) is 6.65. The van der Waals surface area contributed by atoms with Crippen LogP contribution in [0, 0.1) is 11.7 Å². The molecule has 0 heterocycles. The second-order valence-electron chi connectivity index (χ2n) is 6.65. The van der Waals surface area contributed by atoms with Gasteiger partial charge in [0.05, 0.1) is 13.5 Å². The van der Waals surface area contributed by atoms with Gasteiger partial charge in [0.25, 0.3) is 5.91 Å². The zero-order chi connectivity index (χ0) is 18.4. The maximum absolute atomic E-state index is 13.6. The van der Waals surface area contributed by atoms with Crippen molar-refractivity contribution in [2.75, 3.05) is 7.11 Å². The smallest absolute Gasteiger partial charge is 0.311 e. The minimum atomic E-state index is -0.871. The lowest BCUT2D eigenvalue weighted by atomic mass is 9.86. The number of halogens is 1. The van der Waals surface area contributed by atoms with Crippen molar-refractivity contribution in [3.05, 3.63) is 29.6 Å². The molecule has 0 bridgehead atoms. The molecular formula is C19H26FNO4. The molecule has 6 heteroatoms. The van der Waals surface area contributed by atoms with Gasteiger partial charge in [-0.2, -0.15) is 0 Å². The van der Waals surface area contributed by atoms with E-state index in [1.165, 1.54) is 25.7 Å². The van der Waals surface area contributed by atoms with Gasteiger partial charge in [-0.25, -0.2) is 4.39 Å². The van der Waals surface area contributed by atoms with Gasteiger partial charge in [-0.15, -0.1) is 0 Å². The molecular weight excluding hydrogens is 325 g/mol. The van der Waals surface area contributed by atoms with Crippen molar-refractivity contribution >= 4 is 11.9 Å². The van der Waals surface area contributed by atoms with Gasteiger partial charge >= 0.3 is 5.97 Å². The van der Waals surface area contributed by atoms with E-state index in [0.29, 0.717) is 11.5 Å². The van der Waals surface area contributed by atoms with Gasteiger partial charge in [0.1, 0.15) is 0 Å². The third kappa shape index (κ3) is 5.44. The van der Waals surface area contributed by atoms with E-state index < -0.39 is 17.9 Å². The van der Waals surface area contributed by atoms with Crippen molar-refractivity contribution in [1.82, 2.24) is 5.32 Å². The molecule has 1 amide bonds. The first-order valence-electron chi connectivity index (χ1n) is 8.73. The summed E-state index contributed by atoms with van der Waals surface area (Å²) in [5.74, 6) is -0.837. The molecule has 1 fully saturated rings. The molecule has 3 atom stereocenters. The summed E-state index contributed by atoms with van der Waals surface area (Å²) >= 11 is 0. The second kappa shape index (κ2) is 8.83. The predicted octanol–water partition coefficient (Wildman–Crippen LogP) is 3.00. The molecule has 2 rings (SSSR count). The van der Waals surface area contributed by atoms with Crippen molar-refractivity contribution in [1.29, 1.82) is 0 Å². The highest BCUT2D eigenvalue weighted by Crippen LogP contribution is 2.24. The Kier molecular flexibility index (Phi) is 6.79. The highest BCUT2D eigenvalue weighted by Gasteiger charge is 2.26. The molecule has 0 saturated heterocycles. The van der Waals surface area contributed by atoms with Gasteiger partial charge in [0, 0.05) is 6.04 Å². The third-order valence-electron chi connectivity index (χ3n) is 4.68. The van der Waals surface area contributed by atoms with Crippen molar-refractivity contribution in [2.45, 2.75) is 58.1 Å². The Balaban J connectivity index is 1.84. The fourth-order valence-corrected chi connectivity index (χ4v) is 3.11. The number of amides is 1. The van der Waals surface area contributed by atoms with Gasteiger partial charge in [-0.05, 0) is 43.4 Å². The molecule has 0 aromatic heterocycles. The van der Waals surface area contributed by atoms with Gasteiger partial charge in [-0.1, -0.05) is 25.8 Å². The number of hydrogen-bond acceptors (Lipinski definition) is 4. The number of benzene rings is 1. The van der Waals surface area contributed by atoms with Crippen molar-refractivity contribution in [2.24, 2.45) is 5.92 Å². The normalized spacial score (nSPS) is 21.3. The molecule has 138 valence electrons. The van der Waals surface area contributed by atoms with E-state index in [2.05, 4.69) is 12.2 Å². The van der Waals surface area contributed by atoms with Gasteiger partial charge in [0.2, 0.25) is 0 Å². The van der Waals surface area contributed by atoms with Crippen LogP contribution in [-0.4, -0.2) is 31.1 Å². The predicted molar refractivity (Wildman–Crippen MR) is 91.8 cm³/mol. The molecule has 1 aromatic carbocycles. The minimum Gasteiger partial charge on any atom is -0.494 e. The van der Waals surface area contributed by atoms with Crippen LogP contribution in [0.1, 0.15) is 45.1 Å². The summed E-state index contributed by atoms with van der Waals surface area (Å²) in [6, 6.07) is 4.42. The third-order valence-corrected chi connectivity index (χ3v) is 4.68. The molecule has 0 aliphatic heterocycles. The number of rotatable bonds is 6. The molecule has 1 aromatic rings. The highest BCUT2D eigenvalue weighted by molar-refractivity contribution is 5.84. The largest absolute Gasteiger partial charge is 0.494 e. The Labute approximate surface area is 147 Å². The lowest BCUT2D eigenvalue weighted by Crippen LogP contribution is -2.46. The van der Waals surface area contributed by atoms with Crippen LogP contribution in [0.3, 0.4) is 0 Å². The van der Waals surface area contributed by atoms with Gasteiger partial charge in [0.15, 0.2) is 17.7 Å². The quantitative estimate of drug-likeness (QED) is 0.800. The Hall–Kier alpha value is -2.11. The number of hydrogen-bond donors (Lipinski definition) is 1. The number of carbonyl (C=O) groups excluding carboxylic acids is 2. The molecule has 1 N–H and O–H groups in total. The van der Waals surface area contributed by atoms with E-state index in [1.54, 1.807) is 13.0 Å². The number of methoxy groups -OCH3 is 1. The van der Waals surface area contributed by atoms with Crippen LogP contribution in [0.15, 0.2) is 18.2 Å². The Bertz CT molecular complexity index is 619. The van der Waals surface area contributed by atoms with Crippen LogP contribution in [0.25, 0.3) is 0 Å². The van der Waals surface area contributed by atoms with Crippen LogP contribution in [0.4, 0.5) is 4.39 Å². The van der Waals surface area contributed by atoms with Crippen LogP contribution in [0.5, 0.6) is 5.75 Å². The van der Waals surface area contributed by atoms with Crippen LogP contribution >= 0.6 is 0 Å². The van der Waals surface area contributed by atoms with Crippen LogP contribution in [0.2, 0.25) is 0 Å². The van der Waals surface area contributed by atoms with E-state index in [4.69, 9.17) is 9.47 Å². The first-order valence-corrected chi connectivity index (χ1v) is 8.73. The standard InChI is InChI=1S/C19H26FNO4/c1-12-6-4-5-7-16(12)21-19(23)13(2)25-18(22)11-14-8-9-17(24-3)15(20)10-14/h8-10,12-13,16H,4-7,11H2,1-3H3,(H,21,23)/t12-,13-,16-/m1/s1. The topological polar surface area (TPSA) is 64.6 Å². The maximum Gasteiger partial charge on any atom is 0.311 e. The van der Waals surface area contributed by atoms with Crippen LogP contribution in [-0.2, 0) is 20.7 Å². The summed E-state index contributed by atoms with van der Waals surface area (Å²) in [4.78, 5) is 24.2. The van der Waals surface area contributed by atoms with Gasteiger partial charge < -0.3 is 14.8 Å². The van der Waals surface area contributed by atoms with Crippen molar-refractivity contribution in [3.63, 3.8) is 0 Å². The van der Waals surface area contributed by atoms with Crippen LogP contribution < -0.4 is 10.1 Å². The fraction of sp³-hybridized carbons (Fsp3) is 0.579. The highest BCUT2D eigenvalue weighted by atomic mass is 19.1. The van der Waals surface area contributed by atoms with E-state index in [9.17, 15) is 14.0 Å². The van der Waals surface area contributed by atoms with E-state index in [1.807, 2.05) is 0 Å². The zero-order valence-corrected chi connectivity index (χ0v) is 15.0. The number of ether oxygens (including phenoxy) is 2.